The molecule has 2 aliphatic carbocycles. The molecule has 0 heterocycles. The van der Waals surface area contributed by atoms with E-state index in [1.165, 1.54) is 0 Å². The zero-order chi connectivity index (χ0) is 22.1. The maximum Gasteiger partial charge on any atom is 0.333 e. The van der Waals surface area contributed by atoms with E-state index in [1.54, 1.807) is 0 Å². The molecule has 0 aromatic carbocycles. The summed E-state index contributed by atoms with van der Waals surface area (Å²) in [5, 5.41) is 38.2. The molecule has 0 spiro atoms. The highest BCUT2D eigenvalue weighted by molar-refractivity contribution is 5.85. The molecule has 8 heteroatoms. The van der Waals surface area contributed by atoms with Crippen LogP contribution in [0.3, 0.4) is 0 Å². The van der Waals surface area contributed by atoms with Crippen molar-refractivity contribution in [3.8, 4) is 0 Å². The van der Waals surface area contributed by atoms with E-state index < -0.39 is 42.5 Å². The summed E-state index contributed by atoms with van der Waals surface area (Å²) in [6.45, 7) is 10.3. The molecule has 2 fully saturated rings. The van der Waals surface area contributed by atoms with Crippen molar-refractivity contribution in [2.45, 2.75) is 65.1 Å². The van der Waals surface area contributed by atoms with E-state index in [9.17, 15) is 29.7 Å². The summed E-state index contributed by atoms with van der Waals surface area (Å²) >= 11 is 0. The van der Waals surface area contributed by atoms with Crippen molar-refractivity contribution < 1.29 is 39.5 Å². The second kappa shape index (κ2) is 8.44. The van der Waals surface area contributed by atoms with Crippen LogP contribution >= 0.6 is 0 Å². The third-order valence-corrected chi connectivity index (χ3v) is 7.32. The van der Waals surface area contributed by atoms with Crippen molar-refractivity contribution in [2.24, 2.45) is 28.6 Å². The number of aliphatic hydroxyl groups excluding tert-OH is 1. The van der Waals surface area contributed by atoms with Crippen molar-refractivity contribution in [1.82, 2.24) is 0 Å². The van der Waals surface area contributed by atoms with Gasteiger partial charge in [-0.1, -0.05) is 32.9 Å². The minimum absolute atomic E-state index is 0.0433. The molecular formula is C21H32O8. The fourth-order valence-corrected chi connectivity index (χ4v) is 5.54. The number of aliphatic carboxylic acids is 3. The largest absolute Gasteiger partial charge is 0.481 e. The summed E-state index contributed by atoms with van der Waals surface area (Å²) in [4.78, 5) is 34.1. The Bertz CT molecular complexity index is 684. The summed E-state index contributed by atoms with van der Waals surface area (Å²) < 4.78 is 5.58. The number of carbonyl (C=O) groups is 3. The van der Waals surface area contributed by atoms with Crippen LogP contribution in [-0.2, 0) is 19.1 Å². The smallest absolute Gasteiger partial charge is 0.333 e. The maximum atomic E-state index is 11.7. The molecular weight excluding hydrogens is 380 g/mol. The highest BCUT2D eigenvalue weighted by atomic mass is 16.5. The van der Waals surface area contributed by atoms with Gasteiger partial charge in [0.1, 0.15) is 5.92 Å². The first-order chi connectivity index (χ1) is 13.3. The number of carboxylic acids is 3. The maximum absolute atomic E-state index is 11.7. The molecule has 6 atom stereocenters. The van der Waals surface area contributed by atoms with Crippen LogP contribution in [0, 0.1) is 28.6 Å². The van der Waals surface area contributed by atoms with Crippen LogP contribution in [-0.4, -0.2) is 57.1 Å². The lowest BCUT2D eigenvalue weighted by atomic mass is 9.47. The van der Waals surface area contributed by atoms with Gasteiger partial charge >= 0.3 is 17.9 Å². The lowest BCUT2D eigenvalue weighted by molar-refractivity contribution is -0.172. The molecule has 0 saturated heterocycles. The SMILES string of the molecule is C=C1CCC2C(C)(C)C(O)CCC2(C)C1COC(C(=O)O)C(CC(=O)O)C(=O)O. The Morgan fingerprint density at radius 3 is 2.28 bits per heavy atom. The zero-order valence-corrected chi connectivity index (χ0v) is 17.3. The Labute approximate surface area is 170 Å². The molecule has 0 amide bonds. The molecule has 0 aromatic rings. The normalized spacial score (nSPS) is 33.4. The third kappa shape index (κ3) is 4.48. The van der Waals surface area contributed by atoms with Crippen LogP contribution in [0.15, 0.2) is 12.2 Å². The number of rotatable bonds is 8. The second-order valence-electron chi connectivity index (χ2n) is 9.32. The number of hydrogen-bond donors (Lipinski definition) is 4. The van der Waals surface area contributed by atoms with Gasteiger partial charge in [-0.2, -0.15) is 0 Å². The first-order valence-electron chi connectivity index (χ1n) is 9.97. The average Bonchev–Trinajstić information content (AvgIpc) is 2.59. The fraction of sp³-hybridized carbons (Fsp3) is 0.762. The minimum atomic E-state index is -1.76. The summed E-state index contributed by atoms with van der Waals surface area (Å²) in [5.41, 5.74) is 0.336. The Hall–Kier alpha value is -1.93. The molecule has 4 N–H and O–H groups in total. The van der Waals surface area contributed by atoms with Gasteiger partial charge in [0.05, 0.1) is 19.1 Å². The van der Waals surface area contributed by atoms with Gasteiger partial charge in [0.2, 0.25) is 0 Å². The van der Waals surface area contributed by atoms with Gasteiger partial charge in [0, 0.05) is 5.92 Å². The molecule has 6 unspecified atom stereocenters. The quantitative estimate of drug-likeness (QED) is 0.445. The minimum Gasteiger partial charge on any atom is -0.481 e. The molecule has 0 aliphatic heterocycles. The van der Waals surface area contributed by atoms with E-state index in [4.69, 9.17) is 9.84 Å². The zero-order valence-electron chi connectivity index (χ0n) is 17.3. The van der Waals surface area contributed by atoms with Gasteiger partial charge in [-0.25, -0.2) is 4.79 Å². The fourth-order valence-electron chi connectivity index (χ4n) is 5.54. The summed E-state index contributed by atoms with van der Waals surface area (Å²) in [6.07, 6.45) is -0.0890. The summed E-state index contributed by atoms with van der Waals surface area (Å²) in [7, 11) is 0. The van der Waals surface area contributed by atoms with Crippen molar-refractivity contribution >= 4 is 17.9 Å². The Morgan fingerprint density at radius 2 is 1.76 bits per heavy atom. The molecule has 0 bridgehead atoms. The van der Waals surface area contributed by atoms with Gasteiger partial charge in [0.15, 0.2) is 6.10 Å². The number of ether oxygens (including phenoxy) is 1. The monoisotopic (exact) mass is 412 g/mol. The average molecular weight is 412 g/mol. The van der Waals surface area contributed by atoms with Crippen molar-refractivity contribution in [1.29, 1.82) is 0 Å². The predicted octanol–water partition coefficient (Wildman–Crippen LogP) is 2.40. The number of aliphatic hydroxyl groups is 1. The van der Waals surface area contributed by atoms with E-state index in [2.05, 4.69) is 13.5 Å². The summed E-state index contributed by atoms with van der Waals surface area (Å²) in [5.74, 6) is -6.13. The molecule has 2 aliphatic rings. The number of carboxylic acid groups (broad SMARTS) is 3. The van der Waals surface area contributed by atoms with Gasteiger partial charge < -0.3 is 25.2 Å². The van der Waals surface area contributed by atoms with E-state index in [0.29, 0.717) is 6.42 Å². The first kappa shape index (κ1) is 23.3. The van der Waals surface area contributed by atoms with Crippen molar-refractivity contribution in [3.05, 3.63) is 12.2 Å². The molecule has 0 radical (unpaired) electrons. The Balaban J connectivity index is 2.25. The van der Waals surface area contributed by atoms with Gasteiger partial charge in [0.25, 0.3) is 0 Å². The second-order valence-corrected chi connectivity index (χ2v) is 9.32. The molecule has 0 aromatic heterocycles. The van der Waals surface area contributed by atoms with Crippen LogP contribution in [0.5, 0.6) is 0 Å². The van der Waals surface area contributed by atoms with Crippen LogP contribution in [0.2, 0.25) is 0 Å². The Kier molecular flexibility index (Phi) is 6.79. The van der Waals surface area contributed by atoms with Gasteiger partial charge in [-0.05, 0) is 42.4 Å². The van der Waals surface area contributed by atoms with Crippen LogP contribution in [0.25, 0.3) is 0 Å². The highest BCUT2D eigenvalue weighted by Crippen LogP contribution is 2.60. The number of hydrogen-bond acceptors (Lipinski definition) is 5. The van der Waals surface area contributed by atoms with Crippen LogP contribution in [0.1, 0.15) is 52.9 Å². The summed E-state index contributed by atoms with van der Waals surface area (Å²) in [6, 6.07) is 0. The van der Waals surface area contributed by atoms with Crippen molar-refractivity contribution in [3.63, 3.8) is 0 Å². The van der Waals surface area contributed by atoms with Crippen LogP contribution < -0.4 is 0 Å². The highest BCUT2D eigenvalue weighted by Gasteiger charge is 2.56. The van der Waals surface area contributed by atoms with E-state index in [-0.39, 0.29) is 29.3 Å². The predicted molar refractivity (Wildman–Crippen MR) is 103 cm³/mol. The van der Waals surface area contributed by atoms with Gasteiger partial charge in [-0.3, -0.25) is 9.59 Å². The lowest BCUT2D eigenvalue weighted by Gasteiger charge is -2.59. The molecule has 2 rings (SSSR count). The van der Waals surface area contributed by atoms with E-state index >= 15 is 0 Å². The standard InChI is InChI=1S/C21H32O8/c1-11-5-6-14-20(2,3)15(22)7-8-21(14,4)13(11)10-29-17(19(27)28)12(18(25)26)9-16(23)24/h12-15,17,22H,1,5-10H2,2-4H3,(H,23,24)(H,25,26)(H,27,28). The first-order valence-corrected chi connectivity index (χ1v) is 9.97. The molecule has 164 valence electrons. The third-order valence-electron chi connectivity index (χ3n) is 7.32. The van der Waals surface area contributed by atoms with Crippen LogP contribution in [0.4, 0.5) is 0 Å². The Morgan fingerprint density at radius 1 is 1.14 bits per heavy atom. The van der Waals surface area contributed by atoms with Gasteiger partial charge in [-0.15, -0.1) is 0 Å². The van der Waals surface area contributed by atoms with Crippen molar-refractivity contribution in [2.75, 3.05) is 6.61 Å². The van der Waals surface area contributed by atoms with E-state index in [1.807, 2.05) is 13.8 Å². The number of fused-ring (bicyclic) bond motifs is 1. The molecule has 8 nitrogen and oxygen atoms in total. The topological polar surface area (TPSA) is 141 Å². The molecule has 2 saturated carbocycles. The lowest BCUT2D eigenvalue weighted by Crippen LogP contribution is -2.56. The van der Waals surface area contributed by atoms with E-state index in [0.717, 1.165) is 24.8 Å². The molecule has 29 heavy (non-hydrogen) atoms.